The Balaban J connectivity index is 2.83. The third-order valence-electron chi connectivity index (χ3n) is 1.05. The first-order chi connectivity index (χ1) is 4.27. The van der Waals surface area contributed by atoms with E-state index in [-0.39, 0.29) is 5.97 Å². The Hall–Kier alpha value is 0.405. The van der Waals surface area contributed by atoms with E-state index in [1.54, 1.807) is 0 Å². The first kappa shape index (κ1) is 9.41. The maximum absolute atomic E-state index is 10.2. The van der Waals surface area contributed by atoms with Crippen LogP contribution in [0.1, 0.15) is 26.7 Å². The molecular formula is C6H12HgO2. The van der Waals surface area contributed by atoms with Crippen LogP contribution in [0.2, 0.25) is 3.93 Å². The van der Waals surface area contributed by atoms with E-state index in [2.05, 4.69) is 6.92 Å². The minimum absolute atomic E-state index is 0.0761. The first-order valence-corrected chi connectivity index (χ1v) is 9.54. The molecule has 0 N–H and O–H groups in total. The molecule has 0 unspecified atom stereocenters. The predicted octanol–water partition coefficient (Wildman–Crippen LogP) is 1.77. The van der Waals surface area contributed by atoms with Gasteiger partial charge in [0.15, 0.2) is 0 Å². The van der Waals surface area contributed by atoms with E-state index >= 15 is 0 Å². The summed E-state index contributed by atoms with van der Waals surface area (Å²) in [6.45, 7) is 3.65. The summed E-state index contributed by atoms with van der Waals surface area (Å²) in [5, 5.41) is 0. The molecule has 0 aromatic heterocycles. The summed E-state index contributed by atoms with van der Waals surface area (Å²) in [7, 11) is 0. The maximum atomic E-state index is 10.2. The number of hydrogen-bond acceptors (Lipinski definition) is 2. The fourth-order valence-corrected chi connectivity index (χ4v) is 4.98. The van der Waals surface area contributed by atoms with Gasteiger partial charge in [0, 0.05) is 0 Å². The Labute approximate surface area is 69.1 Å². The predicted molar refractivity (Wildman–Crippen MR) is 31.5 cm³/mol. The summed E-state index contributed by atoms with van der Waals surface area (Å²) < 4.78 is 6.15. The van der Waals surface area contributed by atoms with Crippen molar-refractivity contribution in [1.82, 2.24) is 0 Å². The molecule has 2 nitrogen and oxygen atoms in total. The van der Waals surface area contributed by atoms with E-state index in [0.717, 1.165) is 0 Å². The molecule has 0 aromatic rings. The molecule has 0 atom stereocenters. The summed E-state index contributed by atoms with van der Waals surface area (Å²) in [6.07, 6.45) is 2.47. The number of hydrogen-bond donors (Lipinski definition) is 0. The van der Waals surface area contributed by atoms with Crippen LogP contribution < -0.4 is 0 Å². The zero-order valence-corrected chi connectivity index (χ0v) is 11.6. The van der Waals surface area contributed by atoms with Gasteiger partial charge in [-0.2, -0.15) is 0 Å². The molecule has 0 rings (SSSR count). The molecule has 0 bridgehead atoms. The molecule has 0 fully saturated rings. The Morgan fingerprint density at radius 1 is 1.67 bits per heavy atom. The van der Waals surface area contributed by atoms with Crippen LogP contribution in [0.25, 0.3) is 0 Å². The van der Waals surface area contributed by atoms with E-state index in [1.165, 1.54) is 23.7 Å². The van der Waals surface area contributed by atoms with Crippen molar-refractivity contribution in [3.63, 3.8) is 0 Å². The summed E-state index contributed by atoms with van der Waals surface area (Å²) in [5.74, 6) is -0.0761. The number of carbonyl (C=O) groups is 1. The molecule has 0 amide bonds. The van der Waals surface area contributed by atoms with E-state index in [1.807, 2.05) is 0 Å². The van der Waals surface area contributed by atoms with Gasteiger partial charge in [0.25, 0.3) is 0 Å². The van der Waals surface area contributed by atoms with Gasteiger partial charge in [0.1, 0.15) is 0 Å². The van der Waals surface area contributed by atoms with Crippen LogP contribution in [0.4, 0.5) is 0 Å². The van der Waals surface area contributed by atoms with Crippen LogP contribution in [-0.2, 0) is 32.5 Å². The zero-order chi connectivity index (χ0) is 7.11. The second kappa shape index (κ2) is 6.52. The number of carbonyl (C=O) groups excluding carboxylic acids is 1. The zero-order valence-electron chi connectivity index (χ0n) is 6.14. The van der Waals surface area contributed by atoms with E-state index < -0.39 is 25.0 Å². The SMILES string of the molecule is CCC[CH2][Hg][O]C(C)=O. The molecule has 50 valence electrons. The second-order valence-electron chi connectivity index (χ2n) is 2.05. The van der Waals surface area contributed by atoms with Crippen molar-refractivity contribution in [2.45, 2.75) is 30.6 Å². The van der Waals surface area contributed by atoms with Crippen LogP contribution in [0.15, 0.2) is 0 Å². The van der Waals surface area contributed by atoms with Crippen LogP contribution in [-0.4, -0.2) is 5.97 Å². The topological polar surface area (TPSA) is 26.3 Å². The Morgan fingerprint density at radius 2 is 2.33 bits per heavy atom. The monoisotopic (exact) mass is 318 g/mol. The normalized spacial score (nSPS) is 8.22. The van der Waals surface area contributed by atoms with Crippen LogP contribution >= 0.6 is 0 Å². The molecule has 0 aliphatic rings. The molecular weight excluding hydrogens is 305 g/mol. The van der Waals surface area contributed by atoms with Crippen molar-refractivity contribution < 1.29 is 32.5 Å². The van der Waals surface area contributed by atoms with Crippen molar-refractivity contribution in [2.24, 2.45) is 0 Å². The molecule has 0 heterocycles. The molecule has 0 aliphatic heterocycles. The quantitative estimate of drug-likeness (QED) is 0.583. The van der Waals surface area contributed by atoms with Gasteiger partial charge in [0.2, 0.25) is 0 Å². The fourth-order valence-electron chi connectivity index (χ4n) is 0.568. The second-order valence-corrected chi connectivity index (χ2v) is 7.51. The molecule has 0 radical (unpaired) electrons. The van der Waals surface area contributed by atoms with Gasteiger partial charge < -0.3 is 0 Å². The Kier molecular flexibility index (Phi) is 6.82. The molecule has 9 heavy (non-hydrogen) atoms. The molecule has 0 saturated carbocycles. The summed E-state index contributed by atoms with van der Waals surface area (Å²) in [5.41, 5.74) is 0. The average Bonchev–Trinajstić information content (AvgIpc) is 1.80. The van der Waals surface area contributed by atoms with Crippen molar-refractivity contribution in [3.05, 3.63) is 0 Å². The van der Waals surface area contributed by atoms with Gasteiger partial charge in [-0.25, -0.2) is 0 Å². The molecule has 0 aromatic carbocycles. The van der Waals surface area contributed by atoms with Crippen LogP contribution in [0, 0.1) is 0 Å². The first-order valence-electron chi connectivity index (χ1n) is 3.40. The van der Waals surface area contributed by atoms with Gasteiger partial charge >= 0.3 is 69.1 Å². The van der Waals surface area contributed by atoms with E-state index in [9.17, 15) is 4.79 Å². The Morgan fingerprint density at radius 3 is 2.78 bits per heavy atom. The fraction of sp³-hybridized carbons (Fsp3) is 0.833. The summed E-state index contributed by atoms with van der Waals surface area (Å²) in [4.78, 5) is 10.2. The average molecular weight is 317 g/mol. The molecule has 0 spiro atoms. The van der Waals surface area contributed by atoms with Crippen molar-refractivity contribution in [3.8, 4) is 0 Å². The Bertz CT molecular complexity index is 83.1. The number of rotatable bonds is 4. The van der Waals surface area contributed by atoms with Crippen LogP contribution in [0.5, 0.6) is 0 Å². The number of unbranched alkanes of at least 4 members (excludes halogenated alkanes) is 1. The summed E-state index contributed by atoms with van der Waals surface area (Å²) >= 11 is -1.15. The minimum atomic E-state index is -1.15. The van der Waals surface area contributed by atoms with Crippen molar-refractivity contribution >= 4 is 5.97 Å². The van der Waals surface area contributed by atoms with Crippen molar-refractivity contribution in [1.29, 1.82) is 0 Å². The van der Waals surface area contributed by atoms with Gasteiger partial charge in [0.05, 0.1) is 0 Å². The molecule has 0 aliphatic carbocycles. The molecule has 0 saturated heterocycles. The standard InChI is InChI=1S/C4H9.C2H4O2.Hg/c1-3-4-2;1-2(3)4;/h1,3-4H2,2H3;1H3,(H,3,4);/q;;+1/p-1. The van der Waals surface area contributed by atoms with Gasteiger partial charge in [-0.3, -0.25) is 0 Å². The molecule has 3 heteroatoms. The third-order valence-corrected chi connectivity index (χ3v) is 6.49. The van der Waals surface area contributed by atoms with Crippen LogP contribution in [0.3, 0.4) is 0 Å². The van der Waals surface area contributed by atoms with Crippen molar-refractivity contribution in [2.75, 3.05) is 0 Å². The van der Waals surface area contributed by atoms with E-state index in [0.29, 0.717) is 0 Å². The van der Waals surface area contributed by atoms with E-state index in [4.69, 9.17) is 2.64 Å². The summed E-state index contributed by atoms with van der Waals surface area (Å²) in [6, 6.07) is 0. The van der Waals surface area contributed by atoms with Gasteiger partial charge in [-0.1, -0.05) is 0 Å². The van der Waals surface area contributed by atoms with Gasteiger partial charge in [-0.05, 0) is 0 Å². The third kappa shape index (κ3) is 8.41. The van der Waals surface area contributed by atoms with Gasteiger partial charge in [-0.15, -0.1) is 0 Å².